The van der Waals surface area contributed by atoms with E-state index < -0.39 is 205 Å². The molecule has 12 atom stereocenters. The van der Waals surface area contributed by atoms with Crippen molar-refractivity contribution in [1.82, 2.24) is 84.4 Å². The Kier molecular flexibility index (Phi) is 36.7. The van der Waals surface area contributed by atoms with Crippen molar-refractivity contribution in [3.63, 3.8) is 0 Å². The van der Waals surface area contributed by atoms with Gasteiger partial charge in [-0.25, -0.2) is 0 Å². The van der Waals surface area contributed by atoms with Crippen LogP contribution in [0.3, 0.4) is 0 Å². The summed E-state index contributed by atoms with van der Waals surface area (Å²) >= 11 is 0.852. The Morgan fingerprint density at radius 3 is 1.53 bits per heavy atom. The van der Waals surface area contributed by atoms with Crippen molar-refractivity contribution in [2.75, 3.05) is 44.3 Å². The van der Waals surface area contributed by atoms with Gasteiger partial charge >= 0.3 is 5.97 Å². The molecule has 25 N–H and O–H groups in total. The van der Waals surface area contributed by atoms with Gasteiger partial charge in [-0.05, 0) is 96.5 Å². The summed E-state index contributed by atoms with van der Waals surface area (Å²) in [7, 11) is 0. The number of hydrogen-bond donors (Lipinski definition) is 22. The number of carboxylic acids is 1. The van der Waals surface area contributed by atoms with Crippen molar-refractivity contribution >= 4 is 139 Å². The van der Waals surface area contributed by atoms with Crippen molar-refractivity contribution < 1.29 is 82.1 Å². The summed E-state index contributed by atoms with van der Waals surface area (Å²) in [6, 6.07) is 9.58. The van der Waals surface area contributed by atoms with E-state index in [1.807, 2.05) is 31.2 Å². The first-order chi connectivity index (χ1) is 56.4. The number of primary amides is 1. The fraction of sp³-hybridized carbons (Fsp3) is 0.475. The number of unbranched alkanes of at least 4 members (excludes halogenated alkanes) is 2. The molecule has 0 saturated carbocycles. The highest BCUT2D eigenvalue weighted by molar-refractivity contribution is 8.00. The lowest BCUT2D eigenvalue weighted by molar-refractivity contribution is -0.141. The van der Waals surface area contributed by atoms with E-state index in [1.54, 1.807) is 107 Å². The standard InChI is InChI=1S/C80H110N20O17S/c1-6-8-22-55-72(110)92-56(25-15-16-29-81)73(111)94-59(34-49-37-87-53-24-14-12-21-51(49)53)77(115)99-67(43(3)4)78(116)98-62(69(82)107)41-118-42-65(104)88-38-63(102)91-57(32-45-27-28-46-18-9-10-19-47(46)31-45)76(114)100-68(44(5)7-2)79(117)97-61(40-101)70(108)89-39-64(103)90-54(26-17-30-85-80(83)84)71(109)96-60(35-66(105)106)75(113)95-58(74(112)93-55)33-48-36-86-52-23-13-11-20-50(48)52/h9-14,18-21,23-24,27-28,31,36-37,43-44,54-62,67-68,86-87,101H,6-8,15-17,22,25-26,29-30,32-35,38-42,81H2,1-5H3,(H2,82,107)(H,88,104)(H,89,108)(H,90,103)(H,91,102)(H,92,110)(H,93,112)(H,94,111)(H,95,113)(H,96,109)(H,97,117)(H,98,116)(H,99,115)(H,100,114)(H,105,106)(H4,83,84,85)/t44-,54-,55-,56-,57-,58-,59-,60+,61-,62-,67-,68-/m0/s1. The van der Waals surface area contributed by atoms with Crippen molar-refractivity contribution in [2.24, 2.45) is 29.0 Å². The van der Waals surface area contributed by atoms with Crippen molar-refractivity contribution in [1.29, 1.82) is 5.41 Å². The molecule has 38 heteroatoms. The molecule has 0 unspecified atom stereocenters. The molecule has 37 nitrogen and oxygen atoms in total. The normalized spacial score (nSPS) is 22.8. The van der Waals surface area contributed by atoms with Gasteiger partial charge in [0.1, 0.15) is 66.5 Å². The van der Waals surface area contributed by atoms with Crippen LogP contribution in [0, 0.1) is 17.2 Å². The Hall–Kier alpha value is -12.2. The second-order valence-corrected chi connectivity index (χ2v) is 30.4. The molecule has 3 heterocycles. The van der Waals surface area contributed by atoms with Crippen LogP contribution >= 0.6 is 11.8 Å². The quantitative estimate of drug-likeness (QED) is 0.0184. The van der Waals surface area contributed by atoms with Crippen LogP contribution in [0.1, 0.15) is 116 Å². The Balaban J connectivity index is 1.25. The maximum atomic E-state index is 15.1. The molecule has 7 rings (SSSR count). The van der Waals surface area contributed by atoms with E-state index in [-0.39, 0.29) is 76.6 Å². The van der Waals surface area contributed by atoms with Gasteiger partial charge in [0.25, 0.3) is 0 Å². The number of rotatable bonds is 24. The third kappa shape index (κ3) is 28.6. The summed E-state index contributed by atoms with van der Waals surface area (Å²) in [5.74, 6) is -17.6. The number of carbonyl (C=O) groups is 15. The maximum absolute atomic E-state index is 15.1. The summed E-state index contributed by atoms with van der Waals surface area (Å²) in [6.45, 7) is 5.82. The zero-order valence-corrected chi connectivity index (χ0v) is 67.4. The highest BCUT2D eigenvalue weighted by Crippen LogP contribution is 2.24. The van der Waals surface area contributed by atoms with E-state index in [1.165, 1.54) is 0 Å². The number of carboxylic acid groups (broad SMARTS) is 1. The molecule has 6 aromatic rings. The fourth-order valence-electron chi connectivity index (χ4n) is 13.2. The third-order valence-corrected chi connectivity index (χ3v) is 21.0. The lowest BCUT2D eigenvalue weighted by atomic mass is 9.96. The molecule has 0 bridgehead atoms. The molecule has 0 spiro atoms. The maximum Gasteiger partial charge on any atom is 0.305 e. The van der Waals surface area contributed by atoms with Crippen LogP contribution in [0.25, 0.3) is 32.6 Å². The van der Waals surface area contributed by atoms with Crippen LogP contribution in [-0.2, 0) is 91.2 Å². The number of aliphatic hydroxyl groups is 1. The zero-order valence-electron chi connectivity index (χ0n) is 66.6. The number of nitrogens with one attached hydrogen (secondary N) is 17. The van der Waals surface area contributed by atoms with Gasteiger partial charge in [0.05, 0.1) is 31.9 Å². The van der Waals surface area contributed by atoms with Gasteiger partial charge in [-0.3, -0.25) is 77.3 Å². The van der Waals surface area contributed by atoms with E-state index in [0.29, 0.717) is 57.8 Å². The molecule has 0 aliphatic carbocycles. The average molecular weight is 1660 g/mol. The number of hydrogen-bond acceptors (Lipinski definition) is 19. The van der Waals surface area contributed by atoms with Gasteiger partial charge in [-0.2, -0.15) is 0 Å². The molecule has 1 aliphatic rings. The highest BCUT2D eigenvalue weighted by atomic mass is 32.2. The molecule has 2 aromatic heterocycles. The number of nitrogens with two attached hydrogens (primary N) is 3. The van der Waals surface area contributed by atoms with Gasteiger partial charge in [0, 0.05) is 65.8 Å². The third-order valence-electron chi connectivity index (χ3n) is 20.0. The topological polar surface area (TPSA) is 598 Å². The number of aromatic amines is 2. The van der Waals surface area contributed by atoms with Gasteiger partial charge in [0.2, 0.25) is 82.7 Å². The Bertz CT molecular complexity index is 4550. The van der Waals surface area contributed by atoms with Crippen LogP contribution < -0.4 is 91.6 Å². The second kappa shape index (κ2) is 46.5. The number of benzene rings is 4. The molecule has 1 fully saturated rings. The number of thioether (sulfide) groups is 1. The first-order valence-electron chi connectivity index (χ1n) is 39.3. The van der Waals surface area contributed by atoms with E-state index in [0.717, 1.165) is 22.5 Å². The average Bonchev–Trinajstić information content (AvgIpc) is 1.71. The largest absolute Gasteiger partial charge is 0.481 e. The molecule has 118 heavy (non-hydrogen) atoms. The molecule has 1 aliphatic heterocycles. The number of para-hydroxylation sites is 2. The Morgan fingerprint density at radius 1 is 0.508 bits per heavy atom. The van der Waals surface area contributed by atoms with Crippen LogP contribution in [0.4, 0.5) is 0 Å². The lowest BCUT2D eigenvalue weighted by Crippen LogP contribution is -2.61. The summed E-state index contributed by atoms with van der Waals surface area (Å²) in [5.41, 5.74) is 20.2. The fourth-order valence-corrected chi connectivity index (χ4v) is 14.1. The highest BCUT2D eigenvalue weighted by Gasteiger charge is 2.39. The summed E-state index contributed by atoms with van der Waals surface area (Å²) in [6.07, 6.45) is 2.74. The first kappa shape index (κ1) is 93.0. The number of guanidine groups is 1. The van der Waals surface area contributed by atoms with E-state index in [2.05, 4.69) is 84.4 Å². The van der Waals surface area contributed by atoms with Crippen molar-refractivity contribution in [3.8, 4) is 0 Å². The number of carbonyl (C=O) groups excluding carboxylic acids is 14. The first-order valence-corrected chi connectivity index (χ1v) is 40.5. The predicted octanol–water partition coefficient (Wildman–Crippen LogP) is -1.62. The number of aromatic nitrogens is 2. The smallest absolute Gasteiger partial charge is 0.305 e. The second-order valence-electron chi connectivity index (χ2n) is 29.4. The summed E-state index contributed by atoms with van der Waals surface area (Å²) in [4.78, 5) is 220. The Labute approximate surface area is 685 Å². The van der Waals surface area contributed by atoms with Crippen LogP contribution in [0.2, 0.25) is 0 Å². The minimum atomic E-state index is -2.00. The van der Waals surface area contributed by atoms with E-state index >= 15 is 9.59 Å². The molecule has 1 saturated heterocycles. The molecule has 14 amide bonds. The van der Waals surface area contributed by atoms with Gasteiger partial charge in [-0.1, -0.05) is 133 Å². The molecular formula is C80H110N20O17S. The predicted molar refractivity (Wildman–Crippen MR) is 441 cm³/mol. The summed E-state index contributed by atoms with van der Waals surface area (Å²) in [5, 5.41) is 67.5. The number of fused-ring (bicyclic) bond motifs is 3. The van der Waals surface area contributed by atoms with Crippen LogP contribution in [0.5, 0.6) is 0 Å². The molecular weight excluding hydrogens is 1550 g/mol. The molecule has 638 valence electrons. The number of aliphatic carboxylic acids is 1. The Morgan fingerprint density at radius 2 is 0.983 bits per heavy atom. The zero-order chi connectivity index (χ0) is 86.1. The minimum absolute atomic E-state index is 0.00882. The lowest BCUT2D eigenvalue weighted by Gasteiger charge is -2.29. The minimum Gasteiger partial charge on any atom is -0.481 e. The number of amides is 14. The van der Waals surface area contributed by atoms with E-state index in [9.17, 15) is 72.5 Å². The van der Waals surface area contributed by atoms with Gasteiger partial charge in [-0.15, -0.1) is 11.8 Å². The van der Waals surface area contributed by atoms with Crippen molar-refractivity contribution in [2.45, 2.75) is 185 Å². The molecule has 4 aromatic carbocycles. The SMILES string of the molecule is CCCC[C@@H]1NC(=O)[C@H](Cc2c[nH]c3ccccc23)NC(=O)[C@@H](CC(=O)O)NC(=O)[C@H](CCCNC(=N)N)NC(=O)CNC(=O)[C@H](CO)NC(=O)[C@H]([C@@H](C)CC)NC(=O)[C@H](Cc2ccc3ccccc3c2)NC(=O)CNC(=O)CSC[C@@H](C(N)=O)NC(=O)[C@H](C(C)C)NC(=O)[C@H](Cc2c[nH]c3ccccc23)NC(=O)[C@H](CCCCN)NC1=O. The van der Waals surface area contributed by atoms with Crippen LogP contribution in [-0.4, -0.2) is 226 Å². The van der Waals surface area contributed by atoms with Crippen LogP contribution in [0.15, 0.2) is 103 Å². The van der Waals surface area contributed by atoms with Gasteiger partial charge in [0.15, 0.2) is 5.96 Å². The van der Waals surface area contributed by atoms with Crippen molar-refractivity contribution in [3.05, 3.63) is 120 Å². The monoisotopic (exact) mass is 1650 g/mol. The summed E-state index contributed by atoms with van der Waals surface area (Å²) < 4.78 is 0. The molecule has 0 radical (unpaired) electrons. The van der Waals surface area contributed by atoms with E-state index in [4.69, 9.17) is 22.6 Å². The van der Waals surface area contributed by atoms with Gasteiger partial charge < -0.3 is 112 Å². The number of H-pyrrole nitrogens is 2. The number of aliphatic hydroxyl groups excluding tert-OH is 1.